The third kappa shape index (κ3) is 5.23. The maximum absolute atomic E-state index is 2.40. The summed E-state index contributed by atoms with van der Waals surface area (Å²) >= 11 is 0. The first-order chi connectivity index (χ1) is 24.3. The molecule has 0 saturated heterocycles. The minimum Gasteiger partial charge on any atom is -0.310 e. The molecule has 9 rings (SSSR count). The molecule has 49 heavy (non-hydrogen) atoms. The normalized spacial score (nSPS) is 11.3. The SMILES string of the molecule is c1ccc(-c2cccc3cccc(-c4cccc(N(c5ccc(-c6cccc7ccccc67)cc5)c5cccc6ccccc56)c4)c23)cc1. The molecule has 0 aliphatic carbocycles. The fourth-order valence-electron chi connectivity index (χ4n) is 7.35. The van der Waals surface area contributed by atoms with Gasteiger partial charge in [0, 0.05) is 16.8 Å². The highest BCUT2D eigenvalue weighted by atomic mass is 15.1. The first-order valence-electron chi connectivity index (χ1n) is 16.9. The Labute approximate surface area is 287 Å². The second-order valence-electron chi connectivity index (χ2n) is 12.5. The molecule has 0 aromatic heterocycles. The molecule has 0 bridgehead atoms. The van der Waals surface area contributed by atoms with E-state index in [1.54, 1.807) is 0 Å². The minimum atomic E-state index is 1.11. The number of hydrogen-bond acceptors (Lipinski definition) is 1. The summed E-state index contributed by atoms with van der Waals surface area (Å²) in [6, 6.07) is 72.4. The number of anilines is 3. The Kier molecular flexibility index (Phi) is 7.22. The van der Waals surface area contributed by atoms with Crippen molar-refractivity contribution in [2.45, 2.75) is 0 Å². The Morgan fingerprint density at radius 1 is 0.286 bits per heavy atom. The Balaban J connectivity index is 1.22. The Morgan fingerprint density at radius 3 is 1.55 bits per heavy atom. The highest BCUT2D eigenvalue weighted by Gasteiger charge is 2.18. The zero-order valence-corrected chi connectivity index (χ0v) is 27.0. The second-order valence-corrected chi connectivity index (χ2v) is 12.5. The van der Waals surface area contributed by atoms with Gasteiger partial charge in [0.15, 0.2) is 0 Å². The lowest BCUT2D eigenvalue weighted by Crippen LogP contribution is -2.10. The van der Waals surface area contributed by atoms with Crippen LogP contribution in [0.1, 0.15) is 0 Å². The molecule has 0 saturated carbocycles. The number of benzene rings is 9. The summed E-state index contributed by atoms with van der Waals surface area (Å²) < 4.78 is 0. The zero-order chi connectivity index (χ0) is 32.6. The van der Waals surface area contributed by atoms with Crippen LogP contribution in [0.2, 0.25) is 0 Å². The average molecular weight is 624 g/mol. The summed E-state index contributed by atoms with van der Waals surface area (Å²) in [5, 5.41) is 7.45. The van der Waals surface area contributed by atoms with Gasteiger partial charge in [0.25, 0.3) is 0 Å². The molecule has 230 valence electrons. The molecule has 1 heteroatoms. The lowest BCUT2D eigenvalue weighted by atomic mass is 9.91. The van der Waals surface area contributed by atoms with E-state index in [0.29, 0.717) is 0 Å². The van der Waals surface area contributed by atoms with Crippen molar-refractivity contribution < 1.29 is 0 Å². The van der Waals surface area contributed by atoms with Crippen LogP contribution < -0.4 is 4.90 Å². The van der Waals surface area contributed by atoms with Crippen molar-refractivity contribution in [2.75, 3.05) is 4.90 Å². The highest BCUT2D eigenvalue weighted by Crippen LogP contribution is 2.43. The number of rotatable bonds is 6. The molecule has 9 aromatic rings. The summed E-state index contributed by atoms with van der Waals surface area (Å²) in [6.07, 6.45) is 0. The molecule has 0 radical (unpaired) electrons. The first kappa shape index (κ1) is 28.8. The van der Waals surface area contributed by atoms with Crippen molar-refractivity contribution in [3.8, 4) is 33.4 Å². The van der Waals surface area contributed by atoms with Gasteiger partial charge in [-0.05, 0) is 90.6 Å². The predicted octanol–water partition coefficient (Wildman–Crippen LogP) is 13.6. The molecule has 0 spiro atoms. The quantitative estimate of drug-likeness (QED) is 0.178. The van der Waals surface area contributed by atoms with Crippen LogP contribution in [0.5, 0.6) is 0 Å². The third-order valence-corrected chi connectivity index (χ3v) is 9.64. The Hall–Kier alpha value is -6.44. The Bertz CT molecular complexity index is 2580. The smallest absolute Gasteiger partial charge is 0.0540 e. The molecular weight excluding hydrogens is 591 g/mol. The largest absolute Gasteiger partial charge is 0.310 e. The highest BCUT2D eigenvalue weighted by molar-refractivity contribution is 6.07. The van der Waals surface area contributed by atoms with Crippen molar-refractivity contribution >= 4 is 49.4 Å². The summed E-state index contributed by atoms with van der Waals surface area (Å²) in [5.74, 6) is 0. The van der Waals surface area contributed by atoms with Crippen LogP contribution >= 0.6 is 0 Å². The van der Waals surface area contributed by atoms with Crippen LogP contribution in [0.4, 0.5) is 17.1 Å². The Morgan fingerprint density at radius 2 is 0.796 bits per heavy atom. The van der Waals surface area contributed by atoms with E-state index in [2.05, 4.69) is 205 Å². The van der Waals surface area contributed by atoms with Gasteiger partial charge in [0.2, 0.25) is 0 Å². The van der Waals surface area contributed by atoms with Gasteiger partial charge in [-0.15, -0.1) is 0 Å². The zero-order valence-electron chi connectivity index (χ0n) is 27.0. The van der Waals surface area contributed by atoms with E-state index in [-0.39, 0.29) is 0 Å². The van der Waals surface area contributed by atoms with E-state index in [1.165, 1.54) is 65.7 Å². The number of hydrogen-bond donors (Lipinski definition) is 0. The summed E-state index contributed by atoms with van der Waals surface area (Å²) in [7, 11) is 0. The lowest BCUT2D eigenvalue weighted by molar-refractivity contribution is 1.30. The molecule has 0 fully saturated rings. The second kappa shape index (κ2) is 12.3. The van der Waals surface area contributed by atoms with E-state index in [1.807, 2.05) is 0 Å². The van der Waals surface area contributed by atoms with Crippen molar-refractivity contribution in [1.29, 1.82) is 0 Å². The molecule has 0 amide bonds. The molecular formula is C48H33N. The van der Waals surface area contributed by atoms with E-state index in [4.69, 9.17) is 0 Å². The molecule has 9 aromatic carbocycles. The predicted molar refractivity (Wildman–Crippen MR) is 210 cm³/mol. The van der Waals surface area contributed by atoms with Gasteiger partial charge < -0.3 is 4.90 Å². The summed E-state index contributed by atoms with van der Waals surface area (Å²) in [6.45, 7) is 0. The molecule has 0 N–H and O–H groups in total. The van der Waals surface area contributed by atoms with E-state index in [0.717, 1.165) is 17.1 Å². The first-order valence-corrected chi connectivity index (χ1v) is 16.9. The lowest BCUT2D eigenvalue weighted by Gasteiger charge is -2.27. The molecule has 0 heterocycles. The van der Waals surface area contributed by atoms with E-state index < -0.39 is 0 Å². The van der Waals surface area contributed by atoms with E-state index in [9.17, 15) is 0 Å². The average Bonchev–Trinajstić information content (AvgIpc) is 3.18. The van der Waals surface area contributed by atoms with Crippen LogP contribution in [-0.2, 0) is 0 Å². The van der Waals surface area contributed by atoms with Gasteiger partial charge in [-0.3, -0.25) is 0 Å². The van der Waals surface area contributed by atoms with Gasteiger partial charge >= 0.3 is 0 Å². The van der Waals surface area contributed by atoms with Gasteiger partial charge in [-0.1, -0.05) is 170 Å². The van der Waals surface area contributed by atoms with Crippen LogP contribution in [0.15, 0.2) is 200 Å². The van der Waals surface area contributed by atoms with Gasteiger partial charge in [0.05, 0.1) is 5.69 Å². The number of fused-ring (bicyclic) bond motifs is 3. The van der Waals surface area contributed by atoms with Gasteiger partial charge in [-0.25, -0.2) is 0 Å². The van der Waals surface area contributed by atoms with Crippen LogP contribution in [0, 0.1) is 0 Å². The summed E-state index contributed by atoms with van der Waals surface area (Å²) in [5.41, 5.74) is 10.7. The van der Waals surface area contributed by atoms with Crippen LogP contribution in [0.3, 0.4) is 0 Å². The van der Waals surface area contributed by atoms with Crippen molar-refractivity contribution in [3.05, 3.63) is 200 Å². The third-order valence-electron chi connectivity index (χ3n) is 9.64. The van der Waals surface area contributed by atoms with Crippen molar-refractivity contribution in [2.24, 2.45) is 0 Å². The molecule has 1 nitrogen and oxygen atoms in total. The molecule has 0 atom stereocenters. The number of nitrogens with zero attached hydrogens (tertiary/aromatic N) is 1. The molecule has 0 aliphatic heterocycles. The van der Waals surface area contributed by atoms with Crippen molar-refractivity contribution in [1.82, 2.24) is 0 Å². The molecule has 0 unspecified atom stereocenters. The fourth-order valence-corrected chi connectivity index (χ4v) is 7.35. The van der Waals surface area contributed by atoms with Gasteiger partial charge in [0.1, 0.15) is 0 Å². The standard InChI is InChI=1S/C48H33N/c1-2-13-36(14-3-1)45-26-10-19-38-20-11-27-46(48(38)45)39-21-8-22-41(33-39)49(47-28-12-18-35-16-5-7-24-44(35)47)40-31-29-37(30-32-40)43-25-9-17-34-15-4-6-23-42(34)43/h1-33H. The fraction of sp³-hybridized carbons (Fsp3) is 0. The van der Waals surface area contributed by atoms with Crippen LogP contribution in [0.25, 0.3) is 65.7 Å². The topological polar surface area (TPSA) is 3.24 Å². The maximum atomic E-state index is 2.40. The van der Waals surface area contributed by atoms with Crippen molar-refractivity contribution in [3.63, 3.8) is 0 Å². The van der Waals surface area contributed by atoms with Crippen LogP contribution in [-0.4, -0.2) is 0 Å². The monoisotopic (exact) mass is 623 g/mol. The maximum Gasteiger partial charge on any atom is 0.0540 e. The summed E-state index contributed by atoms with van der Waals surface area (Å²) in [4.78, 5) is 2.40. The minimum absolute atomic E-state index is 1.11. The molecule has 0 aliphatic rings. The van der Waals surface area contributed by atoms with E-state index >= 15 is 0 Å². The van der Waals surface area contributed by atoms with Gasteiger partial charge in [-0.2, -0.15) is 0 Å².